The maximum Gasteiger partial charge on any atom is 0.226 e. The molecule has 6 nitrogen and oxygen atoms in total. The first-order valence-corrected chi connectivity index (χ1v) is 9.58. The molecule has 0 aromatic carbocycles. The maximum absolute atomic E-state index is 11.8. The highest BCUT2D eigenvalue weighted by atomic mass is 32.2. The van der Waals surface area contributed by atoms with Gasteiger partial charge in [-0.1, -0.05) is 11.8 Å². The van der Waals surface area contributed by atoms with Crippen LogP contribution in [0.4, 0.5) is 0 Å². The van der Waals surface area contributed by atoms with Gasteiger partial charge in [0.25, 0.3) is 0 Å². The molecule has 1 fully saturated rings. The van der Waals surface area contributed by atoms with Gasteiger partial charge in [-0.15, -0.1) is 0 Å². The SMILES string of the molecule is CC[N+]1(CN2CCCCC2=O)C=CSC=C1.CS(=O)(=O)[O-]. The highest BCUT2D eigenvalue weighted by molar-refractivity contribution is 8.04. The monoisotopic (exact) mass is 334 g/mol. The lowest BCUT2D eigenvalue weighted by Gasteiger charge is -2.37. The second kappa shape index (κ2) is 7.98. The maximum atomic E-state index is 11.8. The van der Waals surface area contributed by atoms with Gasteiger partial charge < -0.3 is 4.55 Å². The van der Waals surface area contributed by atoms with E-state index >= 15 is 0 Å². The predicted molar refractivity (Wildman–Crippen MR) is 82.7 cm³/mol. The average Bonchev–Trinajstić information content (AvgIpc) is 2.41. The summed E-state index contributed by atoms with van der Waals surface area (Å²) in [6.07, 6.45) is 7.92. The van der Waals surface area contributed by atoms with Crippen molar-refractivity contribution >= 4 is 27.8 Å². The Bertz CT molecular complexity index is 494. The number of carbonyl (C=O) groups excluding carboxylic acids is 1. The summed E-state index contributed by atoms with van der Waals surface area (Å²) in [7, 11) is -3.92. The minimum atomic E-state index is -3.92. The van der Waals surface area contributed by atoms with Crippen LogP contribution < -0.4 is 0 Å². The molecule has 0 atom stereocenters. The van der Waals surface area contributed by atoms with E-state index in [4.69, 9.17) is 13.0 Å². The van der Waals surface area contributed by atoms with Crippen molar-refractivity contribution in [2.24, 2.45) is 0 Å². The zero-order valence-electron chi connectivity index (χ0n) is 12.4. The number of hydrogen-bond acceptors (Lipinski definition) is 5. The Kier molecular flexibility index (Phi) is 6.92. The fourth-order valence-electron chi connectivity index (χ4n) is 2.14. The molecule has 0 N–H and O–H groups in total. The molecule has 0 saturated carbocycles. The van der Waals surface area contributed by atoms with Crippen molar-refractivity contribution in [3.05, 3.63) is 23.2 Å². The topological polar surface area (TPSA) is 77.5 Å². The molecule has 0 radical (unpaired) electrons. The van der Waals surface area contributed by atoms with Crippen molar-refractivity contribution < 1.29 is 22.2 Å². The van der Waals surface area contributed by atoms with Gasteiger partial charge in [0, 0.05) is 30.0 Å². The van der Waals surface area contributed by atoms with Crippen LogP contribution in [-0.4, -0.2) is 54.3 Å². The molecule has 0 bridgehead atoms. The number of rotatable bonds is 3. The van der Waals surface area contributed by atoms with Gasteiger partial charge in [0.05, 0.1) is 16.7 Å². The molecule has 21 heavy (non-hydrogen) atoms. The Morgan fingerprint density at radius 2 is 1.90 bits per heavy atom. The highest BCUT2D eigenvalue weighted by Gasteiger charge is 2.29. The van der Waals surface area contributed by atoms with E-state index in [0.29, 0.717) is 12.2 Å². The molecule has 0 spiro atoms. The zero-order valence-corrected chi connectivity index (χ0v) is 14.0. The summed E-state index contributed by atoms with van der Waals surface area (Å²) in [6, 6.07) is 0. The van der Waals surface area contributed by atoms with Crippen molar-refractivity contribution in [2.75, 3.05) is 26.0 Å². The molecule has 0 unspecified atom stereocenters. The Morgan fingerprint density at radius 3 is 2.38 bits per heavy atom. The number of quaternary nitrogens is 1. The van der Waals surface area contributed by atoms with E-state index in [1.807, 2.05) is 4.90 Å². The fourth-order valence-corrected chi connectivity index (χ4v) is 2.86. The molecule has 0 aromatic rings. The third kappa shape index (κ3) is 7.12. The molecule has 2 aliphatic heterocycles. The Labute approximate surface area is 130 Å². The van der Waals surface area contributed by atoms with Gasteiger partial charge >= 0.3 is 0 Å². The smallest absolute Gasteiger partial charge is 0.226 e. The number of likely N-dealkylation sites (tertiary alicyclic amines) is 1. The van der Waals surface area contributed by atoms with Crippen molar-refractivity contribution in [1.82, 2.24) is 4.90 Å². The number of nitrogens with zero attached hydrogens (tertiary/aromatic N) is 2. The Morgan fingerprint density at radius 1 is 1.33 bits per heavy atom. The molecule has 0 aromatic heterocycles. The van der Waals surface area contributed by atoms with Crippen LogP contribution in [0.15, 0.2) is 23.2 Å². The molecule has 0 aliphatic carbocycles. The van der Waals surface area contributed by atoms with Crippen LogP contribution in [0.1, 0.15) is 26.2 Å². The van der Waals surface area contributed by atoms with Crippen LogP contribution in [0.25, 0.3) is 0 Å². The van der Waals surface area contributed by atoms with Crippen LogP contribution in [-0.2, 0) is 14.9 Å². The molecule has 2 heterocycles. The Hall–Kier alpha value is -0.830. The third-order valence-electron chi connectivity index (χ3n) is 3.32. The number of carbonyl (C=O) groups is 1. The van der Waals surface area contributed by atoms with Crippen molar-refractivity contribution in [3.8, 4) is 0 Å². The molecular weight excluding hydrogens is 312 g/mol. The van der Waals surface area contributed by atoms with E-state index in [9.17, 15) is 4.79 Å². The van der Waals surface area contributed by atoms with Gasteiger partial charge in [-0.2, -0.15) is 0 Å². The summed E-state index contributed by atoms with van der Waals surface area (Å²) in [6.45, 7) is 4.88. The summed E-state index contributed by atoms with van der Waals surface area (Å²) < 4.78 is 28.0. The first kappa shape index (κ1) is 18.2. The fraction of sp³-hybridized carbons (Fsp3) is 0.615. The van der Waals surface area contributed by atoms with E-state index in [1.165, 1.54) is 0 Å². The van der Waals surface area contributed by atoms with Gasteiger partial charge in [0.2, 0.25) is 5.91 Å². The van der Waals surface area contributed by atoms with Gasteiger partial charge in [0.1, 0.15) is 12.4 Å². The van der Waals surface area contributed by atoms with Crippen molar-refractivity contribution in [2.45, 2.75) is 26.2 Å². The van der Waals surface area contributed by atoms with E-state index in [1.54, 1.807) is 11.8 Å². The van der Waals surface area contributed by atoms with E-state index < -0.39 is 10.1 Å². The van der Waals surface area contributed by atoms with E-state index in [2.05, 4.69) is 30.1 Å². The minimum Gasteiger partial charge on any atom is -0.748 e. The molecule has 2 aliphatic rings. The lowest BCUT2D eigenvalue weighted by Crippen LogP contribution is -2.50. The number of thioether (sulfide) groups is 1. The predicted octanol–water partition coefficient (Wildman–Crippen LogP) is 1.64. The van der Waals surface area contributed by atoms with Gasteiger partial charge in [-0.25, -0.2) is 8.42 Å². The first-order valence-electron chi connectivity index (χ1n) is 6.82. The Balaban J connectivity index is 0.000000383. The zero-order chi connectivity index (χ0) is 15.9. The molecule has 2 rings (SSSR count). The normalized spacial score (nSPS) is 20.9. The third-order valence-corrected chi connectivity index (χ3v) is 3.87. The number of piperidine rings is 1. The molecule has 1 saturated heterocycles. The summed E-state index contributed by atoms with van der Waals surface area (Å²) in [5, 5.41) is 4.22. The summed E-state index contributed by atoms with van der Waals surface area (Å²) in [5.41, 5.74) is 0. The number of amides is 1. The van der Waals surface area contributed by atoms with Crippen LogP contribution in [0.5, 0.6) is 0 Å². The molecule has 120 valence electrons. The standard InChI is InChI=1S/C12H19N2OS.CH4O3S/c1-2-14(7-9-16-10-8-14)11-13-6-4-3-5-12(13)15;1-5(2,3)4/h7-10H,2-6,11H2,1H3;1H3,(H,2,3,4)/q+1;/p-1. The van der Waals surface area contributed by atoms with E-state index in [0.717, 1.165) is 43.5 Å². The second-order valence-electron chi connectivity index (χ2n) is 5.09. The first-order chi connectivity index (χ1) is 9.76. The van der Waals surface area contributed by atoms with Gasteiger partial charge in [-0.3, -0.25) is 14.2 Å². The van der Waals surface area contributed by atoms with Crippen LogP contribution in [0.2, 0.25) is 0 Å². The number of hydrogen-bond donors (Lipinski definition) is 0. The summed E-state index contributed by atoms with van der Waals surface area (Å²) >= 11 is 1.70. The van der Waals surface area contributed by atoms with Gasteiger partial charge in [0.15, 0.2) is 6.67 Å². The average molecular weight is 334 g/mol. The van der Waals surface area contributed by atoms with Crippen LogP contribution >= 0.6 is 11.8 Å². The second-order valence-corrected chi connectivity index (χ2v) is 7.31. The molecular formula is C13H22N2O4S2. The summed E-state index contributed by atoms with van der Waals surface area (Å²) in [5.74, 6) is 0.317. The summed E-state index contributed by atoms with van der Waals surface area (Å²) in [4.78, 5) is 13.8. The van der Waals surface area contributed by atoms with Crippen LogP contribution in [0.3, 0.4) is 0 Å². The van der Waals surface area contributed by atoms with Crippen LogP contribution in [0, 0.1) is 0 Å². The van der Waals surface area contributed by atoms with Crippen molar-refractivity contribution in [3.63, 3.8) is 0 Å². The minimum absolute atomic E-state index is 0.317. The quantitative estimate of drug-likeness (QED) is 0.579. The highest BCUT2D eigenvalue weighted by Crippen LogP contribution is 2.23. The van der Waals surface area contributed by atoms with Crippen molar-refractivity contribution in [1.29, 1.82) is 0 Å². The lowest BCUT2D eigenvalue weighted by atomic mass is 10.1. The lowest BCUT2D eigenvalue weighted by molar-refractivity contribution is -0.836. The molecule has 8 heteroatoms. The largest absolute Gasteiger partial charge is 0.748 e. The van der Waals surface area contributed by atoms with Gasteiger partial charge in [-0.05, 0) is 19.8 Å². The molecule has 1 amide bonds. The van der Waals surface area contributed by atoms with E-state index in [-0.39, 0.29) is 0 Å².